The molecule has 1 aromatic heterocycles. The highest BCUT2D eigenvalue weighted by Crippen LogP contribution is 2.14. The van der Waals surface area contributed by atoms with Crippen molar-refractivity contribution in [1.29, 1.82) is 0 Å². The van der Waals surface area contributed by atoms with E-state index in [0.717, 1.165) is 0 Å². The van der Waals surface area contributed by atoms with E-state index < -0.39 is 0 Å². The van der Waals surface area contributed by atoms with Crippen molar-refractivity contribution in [3.8, 4) is 0 Å². The fourth-order valence-corrected chi connectivity index (χ4v) is 5.49. The summed E-state index contributed by atoms with van der Waals surface area (Å²) in [4.78, 5) is 0. The van der Waals surface area contributed by atoms with Crippen LogP contribution in [0.2, 0.25) is 0 Å². The van der Waals surface area contributed by atoms with E-state index in [0.29, 0.717) is 0 Å². The number of aryl methyl sites for hydroxylation is 2. The lowest BCUT2D eigenvalue weighted by atomic mass is 10.0. The van der Waals surface area contributed by atoms with Crippen LogP contribution in [0.3, 0.4) is 0 Å². The van der Waals surface area contributed by atoms with Gasteiger partial charge in [-0.3, -0.25) is 0 Å². The Kier molecular flexibility index (Phi) is 22.9. The van der Waals surface area contributed by atoms with E-state index in [9.17, 15) is 0 Å². The number of hydrogen-bond acceptors (Lipinski definition) is 0. The highest BCUT2D eigenvalue weighted by Gasteiger charge is 2.15. The van der Waals surface area contributed by atoms with E-state index in [2.05, 4.69) is 42.3 Å². The molecular weight excluding hydrogens is 424 g/mol. The first kappa shape index (κ1) is 32.2. The molecule has 0 amide bonds. The zero-order chi connectivity index (χ0) is 25.2. The second kappa shape index (κ2) is 24.9. The first-order chi connectivity index (χ1) is 17.3. The number of rotatable bonds is 27. The molecule has 1 rings (SSSR count). The van der Waals surface area contributed by atoms with Crippen LogP contribution in [0.5, 0.6) is 0 Å². The third kappa shape index (κ3) is 18.2. The molecular formula is C33H65N2+. The molecule has 0 aliphatic carbocycles. The van der Waals surface area contributed by atoms with Gasteiger partial charge in [0.1, 0.15) is 12.4 Å². The molecule has 0 fully saturated rings. The van der Waals surface area contributed by atoms with Gasteiger partial charge in [-0.1, -0.05) is 143 Å². The van der Waals surface area contributed by atoms with Gasteiger partial charge >= 0.3 is 0 Å². The molecule has 0 spiro atoms. The molecule has 1 heterocycles. The summed E-state index contributed by atoms with van der Waals surface area (Å²) in [6.45, 7) is 9.37. The van der Waals surface area contributed by atoms with Crippen LogP contribution in [0.15, 0.2) is 12.4 Å². The highest BCUT2D eigenvalue weighted by molar-refractivity contribution is 4.84. The van der Waals surface area contributed by atoms with E-state index in [4.69, 9.17) is 0 Å². The Hall–Kier alpha value is -0.790. The van der Waals surface area contributed by atoms with Gasteiger partial charge in [0.05, 0.1) is 13.1 Å². The Labute approximate surface area is 221 Å². The molecule has 35 heavy (non-hydrogen) atoms. The monoisotopic (exact) mass is 490 g/mol. The van der Waals surface area contributed by atoms with E-state index in [-0.39, 0.29) is 0 Å². The summed E-state index contributed by atoms with van der Waals surface area (Å²) < 4.78 is 5.13. The molecule has 0 N–H and O–H groups in total. The summed E-state index contributed by atoms with van der Waals surface area (Å²) in [5.41, 5.74) is 0. The number of unbranched alkanes of at least 4 members (excludes halogenated alkanes) is 21. The summed E-state index contributed by atoms with van der Waals surface area (Å²) in [5, 5.41) is 0. The van der Waals surface area contributed by atoms with Crippen LogP contribution in [-0.2, 0) is 19.5 Å². The third-order valence-corrected chi connectivity index (χ3v) is 7.82. The summed E-state index contributed by atoms with van der Waals surface area (Å²) in [6.07, 6.45) is 40.1. The summed E-state index contributed by atoms with van der Waals surface area (Å²) >= 11 is 0. The molecule has 2 heteroatoms. The fourth-order valence-electron chi connectivity index (χ4n) is 5.49. The first-order valence-corrected chi connectivity index (χ1v) is 16.4. The molecule has 0 radical (unpaired) electrons. The van der Waals surface area contributed by atoms with Crippen LogP contribution in [0.1, 0.15) is 181 Å². The van der Waals surface area contributed by atoms with Gasteiger partial charge in [0, 0.05) is 6.42 Å². The van der Waals surface area contributed by atoms with Crippen molar-refractivity contribution >= 4 is 0 Å². The minimum Gasteiger partial charge on any atom is -0.234 e. The van der Waals surface area contributed by atoms with Gasteiger partial charge < -0.3 is 0 Å². The smallest absolute Gasteiger partial charge is 0.234 e. The topological polar surface area (TPSA) is 8.81 Å². The normalized spacial score (nSPS) is 11.5. The third-order valence-electron chi connectivity index (χ3n) is 7.82. The molecule has 1 aromatic rings. The van der Waals surface area contributed by atoms with E-state index in [1.54, 1.807) is 5.82 Å². The summed E-state index contributed by atoms with van der Waals surface area (Å²) in [7, 11) is 0. The number of hydrogen-bond donors (Lipinski definition) is 0. The molecule has 206 valence electrons. The molecule has 0 saturated carbocycles. The van der Waals surface area contributed by atoms with Gasteiger partial charge in [-0.15, -0.1) is 0 Å². The standard InChI is InChI=1S/C33H65N2/c1-4-7-9-11-13-15-16-17-18-19-21-23-25-27-30-35-32-31-34(33(35)28-6-3)29-26-24-22-20-14-12-10-8-5-2/h31-32H,4-30H2,1-3H3/q+1. The van der Waals surface area contributed by atoms with Crippen molar-refractivity contribution in [2.45, 2.75) is 194 Å². The van der Waals surface area contributed by atoms with Crippen LogP contribution in [0.4, 0.5) is 0 Å². The van der Waals surface area contributed by atoms with Crippen molar-refractivity contribution in [2.24, 2.45) is 0 Å². The van der Waals surface area contributed by atoms with E-state index in [1.165, 1.54) is 174 Å². The van der Waals surface area contributed by atoms with Gasteiger partial charge in [-0.2, -0.15) is 0 Å². The Balaban J connectivity index is 2.06. The fraction of sp³-hybridized carbons (Fsp3) is 0.909. The maximum Gasteiger partial charge on any atom is 0.256 e. The van der Waals surface area contributed by atoms with Crippen molar-refractivity contribution in [2.75, 3.05) is 0 Å². The molecule has 2 nitrogen and oxygen atoms in total. The van der Waals surface area contributed by atoms with Crippen molar-refractivity contribution < 1.29 is 4.57 Å². The lowest BCUT2D eigenvalue weighted by Crippen LogP contribution is -2.37. The Morgan fingerprint density at radius 1 is 0.486 bits per heavy atom. The van der Waals surface area contributed by atoms with Gasteiger partial charge in [-0.25, -0.2) is 9.13 Å². The number of nitrogens with zero attached hydrogens (tertiary/aromatic N) is 2. The zero-order valence-corrected chi connectivity index (χ0v) is 24.6. The van der Waals surface area contributed by atoms with E-state index >= 15 is 0 Å². The molecule has 0 atom stereocenters. The van der Waals surface area contributed by atoms with Crippen molar-refractivity contribution in [3.63, 3.8) is 0 Å². The SMILES string of the molecule is CCCCCCCCCCCCCCCCn1cc[n+](CCCCCCCCCCC)c1CCC. The second-order valence-corrected chi connectivity index (χ2v) is 11.3. The average molecular weight is 490 g/mol. The molecule has 0 bridgehead atoms. The Bertz CT molecular complexity index is 547. The lowest BCUT2D eigenvalue weighted by Gasteiger charge is -2.06. The maximum atomic E-state index is 2.57. The van der Waals surface area contributed by atoms with Crippen LogP contribution < -0.4 is 4.57 Å². The predicted molar refractivity (Wildman–Crippen MR) is 156 cm³/mol. The van der Waals surface area contributed by atoms with Crippen LogP contribution in [-0.4, -0.2) is 4.57 Å². The Morgan fingerprint density at radius 2 is 0.886 bits per heavy atom. The van der Waals surface area contributed by atoms with Gasteiger partial charge in [0.2, 0.25) is 0 Å². The number of imidazole rings is 1. The molecule has 0 aromatic carbocycles. The molecule has 0 unspecified atom stereocenters. The minimum atomic E-state index is 1.22. The number of aromatic nitrogens is 2. The average Bonchev–Trinajstić information content (AvgIpc) is 3.24. The van der Waals surface area contributed by atoms with E-state index in [1.807, 2.05) is 0 Å². The highest BCUT2D eigenvalue weighted by atomic mass is 15.1. The summed E-state index contributed by atoms with van der Waals surface area (Å²) in [6, 6.07) is 0. The largest absolute Gasteiger partial charge is 0.256 e. The molecule has 0 aliphatic rings. The van der Waals surface area contributed by atoms with Gasteiger partial charge in [-0.05, 0) is 32.1 Å². The predicted octanol–water partition coefficient (Wildman–Crippen LogP) is 10.7. The van der Waals surface area contributed by atoms with Crippen molar-refractivity contribution in [3.05, 3.63) is 18.2 Å². The zero-order valence-electron chi connectivity index (χ0n) is 24.6. The maximum absolute atomic E-state index is 2.57. The van der Waals surface area contributed by atoms with Crippen molar-refractivity contribution in [1.82, 2.24) is 4.57 Å². The Morgan fingerprint density at radius 3 is 1.31 bits per heavy atom. The van der Waals surface area contributed by atoms with Crippen LogP contribution in [0.25, 0.3) is 0 Å². The summed E-state index contributed by atoms with van der Waals surface area (Å²) in [5.74, 6) is 1.57. The van der Waals surface area contributed by atoms with Gasteiger partial charge in [0.25, 0.3) is 5.82 Å². The van der Waals surface area contributed by atoms with Gasteiger partial charge in [0.15, 0.2) is 0 Å². The lowest BCUT2D eigenvalue weighted by molar-refractivity contribution is -0.704. The second-order valence-electron chi connectivity index (χ2n) is 11.3. The minimum absolute atomic E-state index is 1.22. The quantitative estimate of drug-likeness (QED) is 0.0858. The first-order valence-electron chi connectivity index (χ1n) is 16.4. The van der Waals surface area contributed by atoms with Crippen LogP contribution >= 0.6 is 0 Å². The molecule has 0 saturated heterocycles. The van der Waals surface area contributed by atoms with Crippen LogP contribution in [0, 0.1) is 0 Å². The molecule has 0 aliphatic heterocycles.